The SMILES string of the molecule is CN1CCC(CNc2cc(N)ccc2C(=O)O)CC1. The Morgan fingerprint density at radius 2 is 2.16 bits per heavy atom. The zero-order chi connectivity index (χ0) is 13.8. The fraction of sp³-hybridized carbons (Fsp3) is 0.500. The van der Waals surface area contributed by atoms with Crippen molar-refractivity contribution in [1.29, 1.82) is 0 Å². The highest BCUT2D eigenvalue weighted by molar-refractivity contribution is 5.95. The number of nitrogens with zero attached hydrogens (tertiary/aromatic N) is 1. The Balaban J connectivity index is 1.98. The molecule has 1 aliphatic rings. The first kappa shape index (κ1) is 13.7. The molecule has 0 unspecified atom stereocenters. The van der Waals surface area contributed by atoms with E-state index in [4.69, 9.17) is 10.8 Å². The summed E-state index contributed by atoms with van der Waals surface area (Å²) in [5, 5.41) is 12.4. The van der Waals surface area contributed by atoms with Crippen LogP contribution in [0.1, 0.15) is 23.2 Å². The number of likely N-dealkylation sites (tertiary alicyclic amines) is 1. The topological polar surface area (TPSA) is 78.6 Å². The number of nitrogens with two attached hydrogens (primary N) is 1. The molecule has 1 heterocycles. The standard InChI is InChI=1S/C14H21N3O2/c1-17-6-4-10(5-7-17)9-16-13-8-11(15)2-3-12(13)14(18)19/h2-3,8,10,16H,4-7,9,15H2,1H3,(H,18,19). The van der Waals surface area contributed by atoms with Gasteiger partial charge in [0.05, 0.1) is 11.3 Å². The van der Waals surface area contributed by atoms with Gasteiger partial charge < -0.3 is 21.1 Å². The summed E-state index contributed by atoms with van der Waals surface area (Å²) in [7, 11) is 2.13. The second kappa shape index (κ2) is 5.93. The second-order valence-electron chi connectivity index (χ2n) is 5.24. The molecule has 0 atom stereocenters. The van der Waals surface area contributed by atoms with Crippen molar-refractivity contribution in [3.05, 3.63) is 23.8 Å². The van der Waals surface area contributed by atoms with Crippen LogP contribution in [-0.2, 0) is 0 Å². The molecule has 0 saturated carbocycles. The molecule has 0 amide bonds. The lowest BCUT2D eigenvalue weighted by molar-refractivity contribution is 0.0698. The van der Waals surface area contributed by atoms with Gasteiger partial charge in [0.15, 0.2) is 0 Å². The van der Waals surface area contributed by atoms with Crippen LogP contribution in [0.4, 0.5) is 11.4 Å². The Bertz CT molecular complexity index is 454. The Morgan fingerprint density at radius 1 is 1.47 bits per heavy atom. The molecule has 4 N–H and O–H groups in total. The van der Waals surface area contributed by atoms with Gasteiger partial charge in [0.25, 0.3) is 0 Å². The van der Waals surface area contributed by atoms with Gasteiger partial charge in [-0.05, 0) is 57.1 Å². The number of nitrogens with one attached hydrogen (secondary N) is 1. The maximum absolute atomic E-state index is 11.1. The van der Waals surface area contributed by atoms with Crippen molar-refractivity contribution in [2.45, 2.75) is 12.8 Å². The lowest BCUT2D eigenvalue weighted by atomic mass is 9.97. The fourth-order valence-electron chi connectivity index (χ4n) is 2.42. The Hall–Kier alpha value is -1.75. The van der Waals surface area contributed by atoms with Gasteiger partial charge in [-0.2, -0.15) is 0 Å². The van der Waals surface area contributed by atoms with Gasteiger partial charge in [-0.15, -0.1) is 0 Å². The van der Waals surface area contributed by atoms with Crippen molar-refractivity contribution < 1.29 is 9.90 Å². The third-order valence-corrected chi connectivity index (χ3v) is 3.69. The third-order valence-electron chi connectivity index (χ3n) is 3.69. The van der Waals surface area contributed by atoms with Gasteiger partial charge in [0.1, 0.15) is 0 Å². The molecule has 0 bridgehead atoms. The highest BCUT2D eigenvalue weighted by atomic mass is 16.4. The van der Waals surface area contributed by atoms with Crippen molar-refractivity contribution in [2.24, 2.45) is 5.92 Å². The number of benzene rings is 1. The van der Waals surface area contributed by atoms with Crippen LogP contribution >= 0.6 is 0 Å². The van der Waals surface area contributed by atoms with E-state index in [1.165, 1.54) is 0 Å². The second-order valence-corrected chi connectivity index (χ2v) is 5.24. The van der Waals surface area contributed by atoms with E-state index >= 15 is 0 Å². The first-order valence-corrected chi connectivity index (χ1v) is 6.61. The van der Waals surface area contributed by atoms with Crippen molar-refractivity contribution >= 4 is 17.3 Å². The summed E-state index contributed by atoms with van der Waals surface area (Å²) in [5.41, 5.74) is 7.19. The third kappa shape index (κ3) is 3.61. The smallest absolute Gasteiger partial charge is 0.337 e. The van der Waals surface area contributed by atoms with Crippen LogP contribution < -0.4 is 11.1 Å². The van der Waals surface area contributed by atoms with E-state index in [-0.39, 0.29) is 5.56 Å². The summed E-state index contributed by atoms with van der Waals surface area (Å²) in [6.07, 6.45) is 2.29. The van der Waals surface area contributed by atoms with E-state index in [2.05, 4.69) is 17.3 Å². The zero-order valence-electron chi connectivity index (χ0n) is 11.2. The highest BCUT2D eigenvalue weighted by Gasteiger charge is 2.17. The van der Waals surface area contributed by atoms with Crippen LogP contribution in [0.5, 0.6) is 0 Å². The monoisotopic (exact) mass is 263 g/mol. The van der Waals surface area contributed by atoms with Gasteiger partial charge in [0.2, 0.25) is 0 Å². The van der Waals surface area contributed by atoms with E-state index in [0.29, 0.717) is 17.3 Å². The van der Waals surface area contributed by atoms with Crippen molar-refractivity contribution in [3.8, 4) is 0 Å². The van der Waals surface area contributed by atoms with Crippen LogP contribution in [0.25, 0.3) is 0 Å². The summed E-state index contributed by atoms with van der Waals surface area (Å²) in [4.78, 5) is 13.5. The summed E-state index contributed by atoms with van der Waals surface area (Å²) in [6, 6.07) is 4.86. The molecular weight excluding hydrogens is 242 g/mol. The molecule has 0 aromatic heterocycles. The van der Waals surface area contributed by atoms with Crippen molar-refractivity contribution in [3.63, 3.8) is 0 Å². The Kier molecular flexibility index (Phi) is 4.27. The molecule has 0 radical (unpaired) electrons. The van der Waals surface area contributed by atoms with Gasteiger partial charge in [-0.1, -0.05) is 0 Å². The number of nitrogen functional groups attached to an aromatic ring is 1. The number of aromatic carboxylic acids is 1. The number of rotatable bonds is 4. The van der Waals surface area contributed by atoms with Gasteiger partial charge in [0, 0.05) is 12.2 Å². The minimum Gasteiger partial charge on any atom is -0.478 e. The number of piperidine rings is 1. The van der Waals surface area contributed by atoms with Gasteiger partial charge >= 0.3 is 5.97 Å². The molecule has 1 saturated heterocycles. The Labute approximate surface area is 113 Å². The molecule has 1 aliphatic heterocycles. The maximum Gasteiger partial charge on any atom is 0.337 e. The van der Waals surface area contributed by atoms with Crippen LogP contribution in [0.15, 0.2) is 18.2 Å². The molecule has 0 aliphatic carbocycles. The molecule has 19 heavy (non-hydrogen) atoms. The van der Waals surface area contributed by atoms with E-state index in [0.717, 1.165) is 32.5 Å². The van der Waals surface area contributed by atoms with Crippen LogP contribution in [-0.4, -0.2) is 42.7 Å². The maximum atomic E-state index is 11.1. The molecule has 1 aromatic rings. The largest absolute Gasteiger partial charge is 0.478 e. The number of carboxylic acids is 1. The van der Waals surface area contributed by atoms with Crippen LogP contribution in [0, 0.1) is 5.92 Å². The minimum atomic E-state index is -0.925. The first-order valence-electron chi connectivity index (χ1n) is 6.61. The molecule has 2 rings (SSSR count). The summed E-state index contributed by atoms with van der Waals surface area (Å²) < 4.78 is 0. The number of anilines is 2. The molecule has 1 aromatic carbocycles. The number of carbonyl (C=O) groups is 1. The average Bonchev–Trinajstić information content (AvgIpc) is 2.38. The molecule has 5 nitrogen and oxygen atoms in total. The van der Waals surface area contributed by atoms with Gasteiger partial charge in [-0.3, -0.25) is 0 Å². The molecule has 0 spiro atoms. The minimum absolute atomic E-state index is 0.280. The van der Waals surface area contributed by atoms with Crippen molar-refractivity contribution in [1.82, 2.24) is 4.90 Å². The Morgan fingerprint density at radius 3 is 2.79 bits per heavy atom. The molecule has 5 heteroatoms. The van der Waals surface area contributed by atoms with Gasteiger partial charge in [-0.25, -0.2) is 4.79 Å². The number of carboxylic acid groups (broad SMARTS) is 1. The van der Waals surface area contributed by atoms with E-state index in [9.17, 15) is 4.79 Å². The highest BCUT2D eigenvalue weighted by Crippen LogP contribution is 2.22. The van der Waals surface area contributed by atoms with Crippen LogP contribution in [0.3, 0.4) is 0 Å². The number of hydrogen-bond acceptors (Lipinski definition) is 4. The number of hydrogen-bond donors (Lipinski definition) is 3. The van der Waals surface area contributed by atoms with E-state index in [1.54, 1.807) is 18.2 Å². The predicted molar refractivity (Wildman–Crippen MR) is 76.5 cm³/mol. The van der Waals surface area contributed by atoms with E-state index in [1.807, 2.05) is 0 Å². The van der Waals surface area contributed by atoms with Crippen LogP contribution in [0.2, 0.25) is 0 Å². The zero-order valence-corrected chi connectivity index (χ0v) is 11.2. The quantitative estimate of drug-likeness (QED) is 0.721. The molecular formula is C14H21N3O2. The fourth-order valence-corrected chi connectivity index (χ4v) is 2.42. The first-order chi connectivity index (χ1) is 9.06. The molecule has 1 fully saturated rings. The molecule has 104 valence electrons. The van der Waals surface area contributed by atoms with Crippen molar-refractivity contribution in [2.75, 3.05) is 37.7 Å². The predicted octanol–water partition coefficient (Wildman–Crippen LogP) is 1.72. The normalized spacial score (nSPS) is 17.3. The summed E-state index contributed by atoms with van der Waals surface area (Å²) >= 11 is 0. The summed E-state index contributed by atoms with van der Waals surface area (Å²) in [5.74, 6) is -0.329. The summed E-state index contributed by atoms with van der Waals surface area (Å²) in [6.45, 7) is 3.02. The average molecular weight is 263 g/mol. The lowest BCUT2D eigenvalue weighted by Crippen LogP contribution is -2.33. The lowest BCUT2D eigenvalue weighted by Gasteiger charge is -2.29. The van der Waals surface area contributed by atoms with E-state index < -0.39 is 5.97 Å².